The fourth-order valence-corrected chi connectivity index (χ4v) is 2.34. The number of benzene rings is 2. The van der Waals surface area contributed by atoms with Crippen LogP contribution in [-0.2, 0) is 17.8 Å². The van der Waals surface area contributed by atoms with E-state index in [2.05, 4.69) is 0 Å². The molecule has 3 nitrogen and oxygen atoms in total. The lowest BCUT2D eigenvalue weighted by Crippen LogP contribution is -2.21. The number of carbonyl (C=O) groups excluding carboxylic acids is 1. The first kappa shape index (κ1) is 14.3. The Labute approximate surface area is 128 Å². The van der Waals surface area contributed by atoms with Crippen LogP contribution in [-0.4, -0.2) is 17.9 Å². The Bertz CT molecular complexity index is 740. The molecule has 1 amide bonds. The zero-order valence-electron chi connectivity index (χ0n) is 12.3. The molecule has 0 bridgehead atoms. The van der Waals surface area contributed by atoms with E-state index in [1.807, 2.05) is 30.3 Å². The van der Waals surface area contributed by atoms with Crippen LogP contribution in [0.1, 0.15) is 16.7 Å². The number of rotatable bonds is 3. The summed E-state index contributed by atoms with van der Waals surface area (Å²) >= 11 is 0. The molecule has 0 N–H and O–H groups in total. The van der Waals surface area contributed by atoms with Crippen molar-refractivity contribution in [2.75, 3.05) is 7.05 Å². The fourth-order valence-electron chi connectivity index (χ4n) is 2.34. The molecule has 22 heavy (non-hydrogen) atoms. The standard InChI is InChI=1S/C18H16FNO2/c1-20-8-7-14-5-6-17(10-15(14)11-18(20)21)22-12-13-3-2-4-16(19)9-13/h2-10H,11-12H2,1H3. The number of fused-ring (bicyclic) bond motifs is 1. The highest BCUT2D eigenvalue weighted by Crippen LogP contribution is 2.23. The molecule has 2 aromatic rings. The predicted octanol–water partition coefficient (Wildman–Crippen LogP) is 3.39. The molecule has 2 aromatic carbocycles. The number of amides is 1. The topological polar surface area (TPSA) is 29.5 Å². The van der Waals surface area contributed by atoms with Crippen molar-refractivity contribution >= 4 is 12.0 Å². The van der Waals surface area contributed by atoms with Crippen molar-refractivity contribution in [1.82, 2.24) is 4.90 Å². The normalized spacial score (nSPS) is 13.7. The zero-order valence-corrected chi connectivity index (χ0v) is 12.3. The highest BCUT2D eigenvalue weighted by Gasteiger charge is 2.14. The minimum atomic E-state index is -0.276. The fraction of sp³-hybridized carbons (Fsp3) is 0.167. The van der Waals surface area contributed by atoms with Crippen LogP contribution < -0.4 is 4.74 Å². The zero-order chi connectivity index (χ0) is 15.5. The molecule has 0 fully saturated rings. The van der Waals surface area contributed by atoms with E-state index >= 15 is 0 Å². The maximum Gasteiger partial charge on any atom is 0.230 e. The number of nitrogens with zero attached hydrogens (tertiary/aromatic N) is 1. The summed E-state index contributed by atoms with van der Waals surface area (Å²) in [6.07, 6.45) is 4.02. The lowest BCUT2D eigenvalue weighted by atomic mass is 10.0. The van der Waals surface area contributed by atoms with Gasteiger partial charge in [-0.3, -0.25) is 4.79 Å². The maximum absolute atomic E-state index is 13.1. The highest BCUT2D eigenvalue weighted by atomic mass is 19.1. The quantitative estimate of drug-likeness (QED) is 0.869. The summed E-state index contributed by atoms with van der Waals surface area (Å²) in [5, 5.41) is 0. The summed E-state index contributed by atoms with van der Waals surface area (Å²) in [5.74, 6) is 0.438. The number of halogens is 1. The SMILES string of the molecule is CN1C=Cc2ccc(OCc3cccc(F)c3)cc2CC1=O. The number of carbonyl (C=O) groups is 1. The van der Waals surface area contributed by atoms with Gasteiger partial charge in [-0.05, 0) is 47.0 Å². The van der Waals surface area contributed by atoms with Gasteiger partial charge < -0.3 is 9.64 Å². The molecule has 1 aliphatic rings. The summed E-state index contributed by atoms with van der Waals surface area (Å²) in [7, 11) is 1.74. The molecule has 1 aliphatic heterocycles. The first-order valence-corrected chi connectivity index (χ1v) is 7.06. The predicted molar refractivity (Wildman–Crippen MR) is 82.7 cm³/mol. The Morgan fingerprint density at radius 1 is 1.23 bits per heavy atom. The summed E-state index contributed by atoms with van der Waals surface area (Å²) in [4.78, 5) is 13.5. The Morgan fingerprint density at radius 2 is 2.09 bits per heavy atom. The van der Waals surface area contributed by atoms with Gasteiger partial charge in [0.15, 0.2) is 0 Å². The van der Waals surface area contributed by atoms with E-state index in [0.29, 0.717) is 18.8 Å². The van der Waals surface area contributed by atoms with Gasteiger partial charge in [0, 0.05) is 13.2 Å². The number of ether oxygens (including phenoxy) is 1. The molecule has 3 rings (SSSR count). The lowest BCUT2D eigenvalue weighted by Gasteiger charge is -2.11. The molecular weight excluding hydrogens is 281 g/mol. The number of hydrogen-bond acceptors (Lipinski definition) is 2. The van der Waals surface area contributed by atoms with Crippen LogP contribution in [0.4, 0.5) is 4.39 Å². The number of likely N-dealkylation sites (N-methyl/N-ethyl adjacent to an activating group) is 1. The second-order valence-corrected chi connectivity index (χ2v) is 5.28. The molecule has 0 atom stereocenters. The second-order valence-electron chi connectivity index (χ2n) is 5.28. The third kappa shape index (κ3) is 3.17. The molecule has 4 heteroatoms. The summed E-state index contributed by atoms with van der Waals surface area (Å²) in [6, 6.07) is 12.0. The van der Waals surface area contributed by atoms with Crippen LogP contribution in [0.5, 0.6) is 5.75 Å². The molecular formula is C18H16FNO2. The Kier molecular flexibility index (Phi) is 3.92. The van der Waals surface area contributed by atoms with Gasteiger partial charge >= 0.3 is 0 Å². The van der Waals surface area contributed by atoms with Crippen molar-refractivity contribution in [1.29, 1.82) is 0 Å². The van der Waals surface area contributed by atoms with Crippen molar-refractivity contribution in [3.8, 4) is 5.75 Å². The molecule has 0 spiro atoms. The Balaban J connectivity index is 1.76. The summed E-state index contributed by atoms with van der Waals surface area (Å²) < 4.78 is 18.8. The Hall–Kier alpha value is -2.62. The molecule has 112 valence electrons. The van der Waals surface area contributed by atoms with Crippen LogP contribution in [0.2, 0.25) is 0 Å². The lowest BCUT2D eigenvalue weighted by molar-refractivity contribution is -0.126. The molecule has 0 saturated carbocycles. The van der Waals surface area contributed by atoms with E-state index in [1.54, 1.807) is 24.2 Å². The van der Waals surface area contributed by atoms with E-state index < -0.39 is 0 Å². The molecule has 0 aliphatic carbocycles. The van der Waals surface area contributed by atoms with Gasteiger partial charge in [-0.2, -0.15) is 0 Å². The van der Waals surface area contributed by atoms with Crippen molar-refractivity contribution in [2.24, 2.45) is 0 Å². The van der Waals surface area contributed by atoms with E-state index in [1.165, 1.54) is 12.1 Å². The van der Waals surface area contributed by atoms with E-state index in [0.717, 1.165) is 16.7 Å². The second kappa shape index (κ2) is 6.02. The van der Waals surface area contributed by atoms with Gasteiger partial charge in [0.25, 0.3) is 0 Å². The van der Waals surface area contributed by atoms with Crippen LogP contribution in [0.3, 0.4) is 0 Å². The van der Waals surface area contributed by atoms with E-state index in [-0.39, 0.29) is 11.7 Å². The monoisotopic (exact) mass is 297 g/mol. The average Bonchev–Trinajstić information content (AvgIpc) is 2.64. The summed E-state index contributed by atoms with van der Waals surface area (Å²) in [5.41, 5.74) is 2.71. The van der Waals surface area contributed by atoms with Gasteiger partial charge in [-0.15, -0.1) is 0 Å². The van der Waals surface area contributed by atoms with Gasteiger partial charge in [-0.1, -0.05) is 18.2 Å². The average molecular weight is 297 g/mol. The van der Waals surface area contributed by atoms with E-state index in [9.17, 15) is 9.18 Å². The third-order valence-corrected chi connectivity index (χ3v) is 3.62. The smallest absolute Gasteiger partial charge is 0.230 e. The van der Waals surface area contributed by atoms with Crippen LogP contribution in [0.15, 0.2) is 48.7 Å². The van der Waals surface area contributed by atoms with Crippen molar-refractivity contribution < 1.29 is 13.9 Å². The minimum absolute atomic E-state index is 0.0391. The molecule has 0 saturated heterocycles. The first-order valence-electron chi connectivity index (χ1n) is 7.06. The molecule has 1 heterocycles. The van der Waals surface area contributed by atoms with Gasteiger partial charge in [-0.25, -0.2) is 4.39 Å². The first-order chi connectivity index (χ1) is 10.6. The summed E-state index contributed by atoms with van der Waals surface area (Å²) in [6.45, 7) is 0.292. The highest BCUT2D eigenvalue weighted by molar-refractivity contribution is 5.83. The van der Waals surface area contributed by atoms with Crippen LogP contribution in [0.25, 0.3) is 6.08 Å². The van der Waals surface area contributed by atoms with Crippen LogP contribution >= 0.6 is 0 Å². The van der Waals surface area contributed by atoms with Crippen molar-refractivity contribution in [3.05, 3.63) is 71.2 Å². The molecule has 0 aromatic heterocycles. The third-order valence-electron chi connectivity index (χ3n) is 3.62. The van der Waals surface area contributed by atoms with Crippen molar-refractivity contribution in [3.63, 3.8) is 0 Å². The Morgan fingerprint density at radius 3 is 2.91 bits per heavy atom. The van der Waals surface area contributed by atoms with Crippen molar-refractivity contribution in [2.45, 2.75) is 13.0 Å². The van der Waals surface area contributed by atoms with Gasteiger partial charge in [0.1, 0.15) is 18.2 Å². The molecule has 0 unspecified atom stereocenters. The van der Waals surface area contributed by atoms with E-state index in [4.69, 9.17) is 4.74 Å². The largest absolute Gasteiger partial charge is 0.489 e. The van der Waals surface area contributed by atoms with Gasteiger partial charge in [0.05, 0.1) is 6.42 Å². The van der Waals surface area contributed by atoms with Crippen LogP contribution in [0, 0.1) is 5.82 Å². The number of hydrogen-bond donors (Lipinski definition) is 0. The maximum atomic E-state index is 13.1. The minimum Gasteiger partial charge on any atom is -0.489 e. The van der Waals surface area contributed by atoms with Gasteiger partial charge in [0.2, 0.25) is 5.91 Å². The molecule has 0 radical (unpaired) electrons.